The Kier molecular flexibility index (Phi) is 7.00. The van der Waals surface area contributed by atoms with Crippen molar-refractivity contribution in [2.45, 2.75) is 52.1 Å². The zero-order valence-corrected chi connectivity index (χ0v) is 11.0. The summed E-state index contributed by atoms with van der Waals surface area (Å²) in [6, 6.07) is 0. The van der Waals surface area contributed by atoms with E-state index >= 15 is 0 Å². The highest BCUT2D eigenvalue weighted by atomic mass is 16.6. The summed E-state index contributed by atoms with van der Waals surface area (Å²) in [5.74, 6) is -1.95. The fourth-order valence-electron chi connectivity index (χ4n) is 1.08. The van der Waals surface area contributed by atoms with Crippen molar-refractivity contribution in [3.63, 3.8) is 0 Å². The van der Waals surface area contributed by atoms with E-state index in [1.165, 1.54) is 0 Å². The molecule has 0 spiro atoms. The Hall–Kier alpha value is -1.59. The Morgan fingerprint density at radius 2 is 1.61 bits per heavy atom. The Labute approximate surface area is 106 Å². The number of carboxylic acids is 1. The van der Waals surface area contributed by atoms with Crippen molar-refractivity contribution in [2.24, 2.45) is 0 Å². The molecule has 18 heavy (non-hydrogen) atoms. The standard InChI is InChI=1S/C12H20O6/c1-12(2,3)18-11(16)5-4-8-17-10(15)7-6-9(13)14/h4-8H2,1-3H3,(H,13,14). The van der Waals surface area contributed by atoms with Crippen LogP contribution in [0.5, 0.6) is 0 Å². The van der Waals surface area contributed by atoms with Crippen LogP contribution in [0.15, 0.2) is 0 Å². The van der Waals surface area contributed by atoms with Gasteiger partial charge in [0.05, 0.1) is 19.4 Å². The molecule has 0 aliphatic carbocycles. The summed E-state index contributed by atoms with van der Waals surface area (Å²) in [6.45, 7) is 5.42. The van der Waals surface area contributed by atoms with Crippen molar-refractivity contribution in [1.82, 2.24) is 0 Å². The van der Waals surface area contributed by atoms with Crippen LogP contribution in [-0.4, -0.2) is 35.2 Å². The summed E-state index contributed by atoms with van der Waals surface area (Å²) in [5.41, 5.74) is -0.519. The number of carbonyl (C=O) groups excluding carboxylic acids is 2. The number of esters is 2. The van der Waals surface area contributed by atoms with E-state index in [1.54, 1.807) is 20.8 Å². The summed E-state index contributed by atoms with van der Waals surface area (Å²) in [4.78, 5) is 32.5. The predicted octanol–water partition coefficient (Wildman–Crippen LogP) is 1.52. The van der Waals surface area contributed by atoms with Gasteiger partial charge in [-0.25, -0.2) is 0 Å². The fourth-order valence-corrected chi connectivity index (χ4v) is 1.08. The van der Waals surface area contributed by atoms with E-state index in [1.807, 2.05) is 0 Å². The molecule has 6 heteroatoms. The monoisotopic (exact) mass is 260 g/mol. The molecule has 0 fully saturated rings. The number of aliphatic carboxylic acids is 1. The van der Waals surface area contributed by atoms with Crippen LogP contribution < -0.4 is 0 Å². The van der Waals surface area contributed by atoms with Gasteiger partial charge in [-0.1, -0.05) is 0 Å². The minimum atomic E-state index is -1.04. The van der Waals surface area contributed by atoms with Crippen LogP contribution in [0.3, 0.4) is 0 Å². The first kappa shape index (κ1) is 16.4. The molecule has 0 unspecified atom stereocenters. The average molecular weight is 260 g/mol. The highest BCUT2D eigenvalue weighted by Gasteiger charge is 2.15. The largest absolute Gasteiger partial charge is 0.481 e. The summed E-state index contributed by atoms with van der Waals surface area (Å²) in [7, 11) is 0. The van der Waals surface area contributed by atoms with Gasteiger partial charge in [-0.3, -0.25) is 14.4 Å². The summed E-state index contributed by atoms with van der Waals surface area (Å²) in [5, 5.41) is 8.35. The quantitative estimate of drug-likeness (QED) is 0.551. The number of hydrogen-bond acceptors (Lipinski definition) is 5. The smallest absolute Gasteiger partial charge is 0.306 e. The Bertz CT molecular complexity index is 302. The molecule has 6 nitrogen and oxygen atoms in total. The average Bonchev–Trinajstić information content (AvgIpc) is 2.19. The summed E-state index contributed by atoms with van der Waals surface area (Å²) in [6.07, 6.45) is 0.143. The minimum absolute atomic E-state index is 0.0949. The molecule has 104 valence electrons. The zero-order valence-electron chi connectivity index (χ0n) is 11.0. The molecule has 0 saturated heterocycles. The molecule has 0 aliphatic rings. The number of ether oxygens (including phenoxy) is 2. The predicted molar refractivity (Wildman–Crippen MR) is 62.9 cm³/mol. The molecule has 0 amide bonds. The first-order chi connectivity index (χ1) is 8.20. The third-order valence-electron chi connectivity index (χ3n) is 1.75. The van der Waals surface area contributed by atoms with Crippen molar-refractivity contribution in [3.05, 3.63) is 0 Å². The molecule has 0 radical (unpaired) electrons. The van der Waals surface area contributed by atoms with Gasteiger partial charge in [-0.05, 0) is 27.2 Å². The van der Waals surface area contributed by atoms with Crippen molar-refractivity contribution >= 4 is 17.9 Å². The molecule has 0 atom stereocenters. The lowest BCUT2D eigenvalue weighted by atomic mass is 10.2. The van der Waals surface area contributed by atoms with Crippen LogP contribution in [0.1, 0.15) is 46.5 Å². The van der Waals surface area contributed by atoms with E-state index in [4.69, 9.17) is 14.6 Å². The molecule has 0 aromatic carbocycles. The van der Waals surface area contributed by atoms with Gasteiger partial charge in [0.25, 0.3) is 0 Å². The van der Waals surface area contributed by atoms with E-state index in [-0.39, 0.29) is 31.8 Å². The van der Waals surface area contributed by atoms with Crippen LogP contribution in [0.4, 0.5) is 0 Å². The second kappa shape index (κ2) is 7.68. The van der Waals surface area contributed by atoms with E-state index < -0.39 is 17.5 Å². The van der Waals surface area contributed by atoms with Gasteiger partial charge in [0.15, 0.2) is 0 Å². The van der Waals surface area contributed by atoms with Crippen LogP contribution in [0.25, 0.3) is 0 Å². The van der Waals surface area contributed by atoms with E-state index in [2.05, 4.69) is 0 Å². The second-order valence-corrected chi connectivity index (χ2v) is 4.80. The molecule has 0 aromatic heterocycles. The molecule has 0 aromatic rings. The third kappa shape index (κ3) is 10.9. The van der Waals surface area contributed by atoms with Gasteiger partial charge in [0.1, 0.15) is 5.60 Å². The van der Waals surface area contributed by atoms with Crippen molar-refractivity contribution in [1.29, 1.82) is 0 Å². The lowest BCUT2D eigenvalue weighted by Gasteiger charge is -2.19. The maximum absolute atomic E-state index is 11.3. The lowest BCUT2D eigenvalue weighted by molar-refractivity contribution is -0.156. The molecule has 1 N–H and O–H groups in total. The Morgan fingerprint density at radius 3 is 2.11 bits per heavy atom. The van der Waals surface area contributed by atoms with Crippen LogP contribution in [0.2, 0.25) is 0 Å². The van der Waals surface area contributed by atoms with Gasteiger partial charge < -0.3 is 14.6 Å². The first-order valence-electron chi connectivity index (χ1n) is 5.80. The van der Waals surface area contributed by atoms with Gasteiger partial charge in [-0.2, -0.15) is 0 Å². The van der Waals surface area contributed by atoms with Gasteiger partial charge in [-0.15, -0.1) is 0 Å². The summed E-state index contributed by atoms with van der Waals surface area (Å²) >= 11 is 0. The van der Waals surface area contributed by atoms with Crippen molar-refractivity contribution in [3.8, 4) is 0 Å². The number of rotatable bonds is 7. The Morgan fingerprint density at radius 1 is 1.00 bits per heavy atom. The maximum atomic E-state index is 11.3. The SMILES string of the molecule is CC(C)(C)OC(=O)CCCOC(=O)CCC(=O)O. The topological polar surface area (TPSA) is 89.9 Å². The number of carbonyl (C=O) groups is 3. The molecular weight excluding hydrogens is 240 g/mol. The second-order valence-electron chi connectivity index (χ2n) is 4.80. The molecule has 0 aliphatic heterocycles. The first-order valence-corrected chi connectivity index (χ1v) is 5.80. The van der Waals surface area contributed by atoms with E-state index in [0.717, 1.165) is 0 Å². The zero-order chi connectivity index (χ0) is 14.2. The Balaban J connectivity index is 3.59. The number of hydrogen-bond donors (Lipinski definition) is 1. The van der Waals surface area contributed by atoms with Crippen LogP contribution in [0, 0.1) is 0 Å². The highest BCUT2D eigenvalue weighted by molar-refractivity contribution is 5.76. The van der Waals surface area contributed by atoms with Gasteiger partial charge >= 0.3 is 17.9 Å². The van der Waals surface area contributed by atoms with E-state index in [9.17, 15) is 14.4 Å². The summed E-state index contributed by atoms with van der Waals surface area (Å²) < 4.78 is 9.83. The molecule has 0 heterocycles. The fraction of sp³-hybridized carbons (Fsp3) is 0.750. The van der Waals surface area contributed by atoms with Crippen molar-refractivity contribution in [2.75, 3.05) is 6.61 Å². The molecule has 0 bridgehead atoms. The van der Waals surface area contributed by atoms with Gasteiger partial charge in [0, 0.05) is 6.42 Å². The molecule has 0 saturated carbocycles. The highest BCUT2D eigenvalue weighted by Crippen LogP contribution is 2.09. The van der Waals surface area contributed by atoms with Crippen molar-refractivity contribution < 1.29 is 29.0 Å². The number of carboxylic acid groups (broad SMARTS) is 1. The molecular formula is C12H20O6. The third-order valence-corrected chi connectivity index (χ3v) is 1.75. The normalized spacial score (nSPS) is 10.8. The van der Waals surface area contributed by atoms with Gasteiger partial charge in [0.2, 0.25) is 0 Å². The lowest BCUT2D eigenvalue weighted by Crippen LogP contribution is -2.24. The van der Waals surface area contributed by atoms with Crippen LogP contribution in [-0.2, 0) is 23.9 Å². The van der Waals surface area contributed by atoms with Crippen LogP contribution >= 0.6 is 0 Å². The maximum Gasteiger partial charge on any atom is 0.306 e. The minimum Gasteiger partial charge on any atom is -0.481 e. The van der Waals surface area contributed by atoms with E-state index in [0.29, 0.717) is 6.42 Å². The molecule has 0 rings (SSSR count).